The predicted molar refractivity (Wildman–Crippen MR) is 95.3 cm³/mol. The largest absolute Gasteiger partial charge is 0.481 e. The van der Waals surface area contributed by atoms with Crippen LogP contribution in [0.4, 0.5) is 0 Å². The molecule has 12 heteroatoms. The number of thiophene rings is 1. The Morgan fingerprint density at radius 2 is 2.11 bits per heavy atom. The van der Waals surface area contributed by atoms with Crippen molar-refractivity contribution in [1.82, 2.24) is 5.32 Å². The Hall–Kier alpha value is -2.44. The molecule has 1 aromatic rings. The molecule has 1 aliphatic heterocycles. The van der Waals surface area contributed by atoms with Gasteiger partial charge < -0.3 is 30.0 Å². The van der Waals surface area contributed by atoms with Gasteiger partial charge in [-0.1, -0.05) is 11.2 Å². The Morgan fingerprint density at radius 1 is 1.33 bits per heavy atom. The minimum atomic E-state index is -1.29. The quantitative estimate of drug-likeness (QED) is 0.259. The van der Waals surface area contributed by atoms with Crippen LogP contribution < -0.4 is 5.32 Å². The molecule has 146 valence electrons. The van der Waals surface area contributed by atoms with E-state index in [4.69, 9.17) is 14.9 Å². The first-order valence-corrected chi connectivity index (χ1v) is 9.06. The normalized spacial score (nSPS) is 20.2. The number of amides is 1. The zero-order valence-electron chi connectivity index (χ0n) is 14.2. The molecule has 10 nitrogen and oxygen atoms in total. The minimum Gasteiger partial charge on any atom is -0.481 e. The summed E-state index contributed by atoms with van der Waals surface area (Å²) in [4.78, 5) is 38.8. The van der Waals surface area contributed by atoms with Gasteiger partial charge >= 0.3 is 19.1 Å². The van der Waals surface area contributed by atoms with Gasteiger partial charge in [0.25, 0.3) is 5.91 Å². The number of oxime groups is 1. The van der Waals surface area contributed by atoms with Crippen LogP contribution >= 0.6 is 11.3 Å². The molecule has 4 N–H and O–H groups in total. The topological polar surface area (TPSA) is 155 Å². The molecule has 1 amide bonds. The van der Waals surface area contributed by atoms with Crippen LogP contribution in [0.1, 0.15) is 30.6 Å². The molecule has 1 aromatic heterocycles. The van der Waals surface area contributed by atoms with Gasteiger partial charge in [-0.05, 0) is 30.7 Å². The number of carbonyl (C=O) groups is 3. The van der Waals surface area contributed by atoms with Crippen molar-refractivity contribution in [3.63, 3.8) is 0 Å². The molecule has 0 spiro atoms. The number of nitrogens with zero attached hydrogens (tertiary/aromatic N) is 1. The summed E-state index contributed by atoms with van der Waals surface area (Å²) >= 11 is 1.22. The summed E-state index contributed by atoms with van der Waals surface area (Å²) in [6.45, 7) is -0.692. The Bertz CT molecular complexity index is 696. The molecule has 1 aliphatic rings. The zero-order valence-corrected chi connectivity index (χ0v) is 15.1. The Kier molecular flexibility index (Phi) is 7.76. The first-order valence-electron chi connectivity index (χ1n) is 8.18. The van der Waals surface area contributed by atoms with Gasteiger partial charge in [0.05, 0.1) is 10.8 Å². The van der Waals surface area contributed by atoms with Gasteiger partial charge in [0.2, 0.25) is 6.61 Å². The lowest BCUT2D eigenvalue weighted by Gasteiger charge is -2.31. The number of hydrogen-bond donors (Lipinski definition) is 4. The van der Waals surface area contributed by atoms with Crippen LogP contribution in [-0.2, 0) is 23.9 Å². The van der Waals surface area contributed by atoms with E-state index in [-0.39, 0.29) is 18.6 Å². The van der Waals surface area contributed by atoms with Crippen LogP contribution in [0.5, 0.6) is 0 Å². The average Bonchev–Trinajstić information content (AvgIpc) is 3.12. The summed E-state index contributed by atoms with van der Waals surface area (Å²) in [5.74, 6) is -3.52. The Labute approximate surface area is 158 Å². The van der Waals surface area contributed by atoms with Crippen molar-refractivity contribution < 1.29 is 39.1 Å². The molecule has 0 saturated carbocycles. The number of nitrogens with one attached hydrogen (secondary N) is 1. The van der Waals surface area contributed by atoms with Crippen molar-refractivity contribution in [2.24, 2.45) is 5.16 Å². The fraction of sp³-hybridized carbons (Fsp3) is 0.467. The van der Waals surface area contributed by atoms with Crippen LogP contribution in [0.25, 0.3) is 0 Å². The monoisotopic (exact) mass is 398 g/mol. The Morgan fingerprint density at radius 3 is 2.70 bits per heavy atom. The molecule has 0 aromatic carbocycles. The average molecular weight is 398 g/mol. The Balaban J connectivity index is 1.96. The maximum atomic E-state index is 12.5. The van der Waals surface area contributed by atoms with E-state index in [0.717, 1.165) is 0 Å². The summed E-state index contributed by atoms with van der Waals surface area (Å²) in [6, 6.07) is 3.33. The van der Waals surface area contributed by atoms with Gasteiger partial charge in [0.15, 0.2) is 5.71 Å². The summed E-state index contributed by atoms with van der Waals surface area (Å²) in [6.07, 6.45) is 0.692. The van der Waals surface area contributed by atoms with E-state index in [0.29, 0.717) is 17.7 Å². The van der Waals surface area contributed by atoms with E-state index in [1.165, 1.54) is 11.3 Å². The molecule has 27 heavy (non-hydrogen) atoms. The second-order valence-electron chi connectivity index (χ2n) is 5.82. The lowest BCUT2D eigenvalue weighted by molar-refractivity contribution is -0.142. The number of carboxylic acids is 2. The fourth-order valence-electron chi connectivity index (χ4n) is 2.51. The van der Waals surface area contributed by atoms with Crippen molar-refractivity contribution in [2.45, 2.75) is 37.7 Å². The standard InChI is InChI=1S/C15H19BN2O8S/c19-12(20)6-4-9-3-5-11(16(24)26-9)17-15(23)14(10-2-1-7-27-10)18-25-8-13(21)22/h1-2,7,9,11,24H,3-6,8H2,(H,17,23)(H,19,20)(H,21,22)/b18-14-/t9-,11-/m0/s1. The maximum absolute atomic E-state index is 12.5. The molecule has 1 saturated heterocycles. The van der Waals surface area contributed by atoms with Gasteiger partial charge in [-0.3, -0.25) is 9.59 Å². The molecule has 0 aliphatic carbocycles. The summed E-state index contributed by atoms with van der Waals surface area (Å²) in [5.41, 5.74) is -0.105. The lowest BCUT2D eigenvalue weighted by Crippen LogP contribution is -2.54. The summed E-state index contributed by atoms with van der Waals surface area (Å²) in [5, 5.41) is 35.3. The van der Waals surface area contributed by atoms with Crippen molar-refractivity contribution in [3.8, 4) is 0 Å². The third kappa shape index (κ3) is 6.66. The molecular weight excluding hydrogens is 379 g/mol. The van der Waals surface area contributed by atoms with E-state index in [2.05, 4.69) is 15.3 Å². The zero-order chi connectivity index (χ0) is 19.8. The van der Waals surface area contributed by atoms with Crippen LogP contribution in [-0.4, -0.2) is 64.6 Å². The van der Waals surface area contributed by atoms with E-state index < -0.39 is 43.6 Å². The van der Waals surface area contributed by atoms with Gasteiger partial charge in [0.1, 0.15) is 0 Å². The molecular formula is C15H19BN2O8S. The number of carboxylic acid groups (broad SMARTS) is 2. The third-order valence-corrected chi connectivity index (χ3v) is 4.66. The lowest BCUT2D eigenvalue weighted by atomic mass is 9.72. The van der Waals surface area contributed by atoms with Crippen molar-refractivity contribution in [3.05, 3.63) is 22.4 Å². The van der Waals surface area contributed by atoms with E-state index in [1.54, 1.807) is 17.5 Å². The highest BCUT2D eigenvalue weighted by atomic mass is 32.1. The summed E-state index contributed by atoms with van der Waals surface area (Å²) in [7, 11) is -1.29. The SMILES string of the molecule is O=C(O)CC[C@@H]1CC[C@H](NC(=O)/C(=N\OCC(=O)O)c2cccs2)B(O)O1. The van der Waals surface area contributed by atoms with E-state index >= 15 is 0 Å². The number of aliphatic carboxylic acids is 2. The van der Waals surface area contributed by atoms with E-state index in [9.17, 15) is 19.4 Å². The maximum Gasteiger partial charge on any atom is 0.478 e. The second kappa shape index (κ2) is 10.0. The molecule has 0 bridgehead atoms. The third-order valence-electron chi connectivity index (χ3n) is 3.79. The first-order chi connectivity index (χ1) is 12.9. The molecule has 2 atom stereocenters. The second-order valence-corrected chi connectivity index (χ2v) is 6.77. The van der Waals surface area contributed by atoms with Crippen molar-refractivity contribution >= 4 is 42.0 Å². The summed E-state index contributed by atoms with van der Waals surface area (Å²) < 4.78 is 5.36. The molecule has 2 rings (SSSR count). The smallest absolute Gasteiger partial charge is 0.478 e. The van der Waals surface area contributed by atoms with E-state index in [1.807, 2.05) is 0 Å². The fourth-order valence-corrected chi connectivity index (χ4v) is 3.21. The number of rotatable bonds is 9. The molecule has 0 radical (unpaired) electrons. The highest BCUT2D eigenvalue weighted by molar-refractivity contribution is 7.13. The number of carbonyl (C=O) groups excluding carboxylic acids is 1. The van der Waals surface area contributed by atoms with Crippen molar-refractivity contribution in [1.29, 1.82) is 0 Å². The highest BCUT2D eigenvalue weighted by Crippen LogP contribution is 2.20. The highest BCUT2D eigenvalue weighted by Gasteiger charge is 2.37. The van der Waals surface area contributed by atoms with Crippen LogP contribution in [0.15, 0.2) is 22.7 Å². The van der Waals surface area contributed by atoms with Crippen molar-refractivity contribution in [2.75, 3.05) is 6.61 Å². The van der Waals surface area contributed by atoms with Gasteiger partial charge in [-0.2, -0.15) is 0 Å². The molecule has 1 fully saturated rings. The van der Waals surface area contributed by atoms with Gasteiger partial charge in [0, 0.05) is 12.5 Å². The first kappa shape index (κ1) is 20.9. The molecule has 0 unspecified atom stereocenters. The van der Waals surface area contributed by atoms with Gasteiger partial charge in [-0.15, -0.1) is 11.3 Å². The van der Waals surface area contributed by atoms with Crippen LogP contribution in [0, 0.1) is 0 Å². The van der Waals surface area contributed by atoms with Crippen LogP contribution in [0.2, 0.25) is 0 Å². The van der Waals surface area contributed by atoms with Crippen LogP contribution in [0.3, 0.4) is 0 Å². The molecule has 2 heterocycles. The number of hydrogen-bond acceptors (Lipinski definition) is 8. The minimum absolute atomic E-state index is 0.0650. The van der Waals surface area contributed by atoms with Gasteiger partial charge in [-0.25, -0.2) is 4.79 Å². The predicted octanol–water partition coefficient (Wildman–Crippen LogP) is 0.102.